The molecule has 2 aliphatic heterocycles. The van der Waals surface area contributed by atoms with Gasteiger partial charge in [-0.2, -0.15) is 0 Å². The van der Waals surface area contributed by atoms with Crippen molar-refractivity contribution in [1.29, 1.82) is 0 Å². The lowest BCUT2D eigenvalue weighted by molar-refractivity contribution is -0.116. The summed E-state index contributed by atoms with van der Waals surface area (Å²) in [4.78, 5) is 18.2. The number of hydrogen-bond donors (Lipinski definition) is 1. The third kappa shape index (κ3) is 1.89. The highest BCUT2D eigenvalue weighted by Gasteiger charge is 2.28. The molecular weight excluding hydrogens is 238 g/mol. The van der Waals surface area contributed by atoms with Crippen molar-refractivity contribution >= 4 is 35.1 Å². The van der Waals surface area contributed by atoms with Crippen LogP contribution in [0, 0.1) is 0 Å². The van der Waals surface area contributed by atoms with Crippen LogP contribution in [-0.2, 0) is 4.79 Å². The van der Waals surface area contributed by atoms with Crippen LogP contribution in [0.3, 0.4) is 0 Å². The molecule has 2 heterocycles. The van der Waals surface area contributed by atoms with Crippen LogP contribution >= 0.6 is 11.6 Å². The summed E-state index contributed by atoms with van der Waals surface area (Å²) in [6.45, 7) is 1.61. The minimum atomic E-state index is 0.00867. The lowest BCUT2D eigenvalue weighted by Gasteiger charge is -2.32. The Balaban J connectivity index is 2.10. The van der Waals surface area contributed by atoms with Gasteiger partial charge in [-0.3, -0.25) is 9.79 Å². The zero-order valence-electron chi connectivity index (χ0n) is 9.19. The first kappa shape index (κ1) is 10.6. The van der Waals surface area contributed by atoms with Gasteiger partial charge in [0, 0.05) is 17.8 Å². The Bertz CT molecular complexity index is 501. The van der Waals surface area contributed by atoms with E-state index in [4.69, 9.17) is 11.6 Å². The minimum Gasteiger partial charge on any atom is -0.360 e. The topological polar surface area (TPSA) is 44.7 Å². The molecule has 0 fully saturated rings. The number of fused-ring (bicyclic) bond motifs is 3. The summed E-state index contributed by atoms with van der Waals surface area (Å²) < 4.78 is 0. The number of carbonyl (C=O) groups is 1. The molecule has 0 radical (unpaired) electrons. The molecule has 1 amide bonds. The summed E-state index contributed by atoms with van der Waals surface area (Å²) >= 11 is 5.96. The van der Waals surface area contributed by atoms with Gasteiger partial charge >= 0.3 is 0 Å². The van der Waals surface area contributed by atoms with E-state index in [0.717, 1.165) is 24.5 Å². The molecule has 0 spiro atoms. The highest BCUT2D eigenvalue weighted by atomic mass is 35.5. The van der Waals surface area contributed by atoms with Crippen molar-refractivity contribution in [3.63, 3.8) is 0 Å². The first-order valence-corrected chi connectivity index (χ1v) is 5.98. The number of aliphatic imine (C=N–C) groups is 1. The van der Waals surface area contributed by atoms with Crippen molar-refractivity contribution in [3.8, 4) is 0 Å². The average molecular weight is 250 g/mol. The van der Waals surface area contributed by atoms with E-state index in [2.05, 4.69) is 15.2 Å². The summed E-state index contributed by atoms with van der Waals surface area (Å²) in [6.07, 6.45) is 2.31. The molecule has 5 heteroatoms. The van der Waals surface area contributed by atoms with Gasteiger partial charge in [0.15, 0.2) is 0 Å². The Hall–Kier alpha value is -1.55. The molecule has 17 heavy (non-hydrogen) atoms. The van der Waals surface area contributed by atoms with Crippen LogP contribution in [0.4, 0.5) is 11.4 Å². The van der Waals surface area contributed by atoms with Crippen LogP contribution in [-0.4, -0.2) is 31.3 Å². The van der Waals surface area contributed by atoms with E-state index in [-0.39, 0.29) is 11.9 Å². The van der Waals surface area contributed by atoms with E-state index in [0.29, 0.717) is 11.4 Å². The van der Waals surface area contributed by atoms with Gasteiger partial charge < -0.3 is 10.2 Å². The summed E-state index contributed by atoms with van der Waals surface area (Å²) in [5, 5.41) is 3.53. The normalized spacial score (nSPS) is 22.5. The fourth-order valence-electron chi connectivity index (χ4n) is 2.32. The van der Waals surface area contributed by atoms with Crippen LogP contribution in [0.5, 0.6) is 0 Å². The number of amides is 1. The van der Waals surface area contributed by atoms with Crippen LogP contribution in [0.25, 0.3) is 0 Å². The number of hydrogen-bond acceptors (Lipinski definition) is 3. The molecule has 4 nitrogen and oxygen atoms in total. The van der Waals surface area contributed by atoms with E-state index in [1.54, 1.807) is 6.07 Å². The van der Waals surface area contributed by atoms with E-state index >= 15 is 0 Å². The predicted molar refractivity (Wildman–Crippen MR) is 69.2 cm³/mol. The SMILES string of the molecule is O=C1CC2C=NCCN2c2ccc(Cl)cc2N1. The lowest BCUT2D eigenvalue weighted by Crippen LogP contribution is -2.41. The first-order valence-electron chi connectivity index (χ1n) is 5.60. The van der Waals surface area contributed by atoms with E-state index in [1.165, 1.54) is 0 Å². The zero-order valence-corrected chi connectivity index (χ0v) is 9.94. The number of anilines is 2. The molecule has 1 aromatic rings. The molecule has 1 unspecified atom stereocenters. The quantitative estimate of drug-likeness (QED) is 0.764. The highest BCUT2D eigenvalue weighted by molar-refractivity contribution is 6.31. The van der Waals surface area contributed by atoms with Crippen LogP contribution in [0.1, 0.15) is 6.42 Å². The predicted octanol–water partition coefficient (Wildman–Crippen LogP) is 1.94. The Morgan fingerprint density at radius 3 is 3.24 bits per heavy atom. The Morgan fingerprint density at radius 1 is 1.47 bits per heavy atom. The molecule has 0 saturated carbocycles. The number of nitrogens with one attached hydrogen (secondary N) is 1. The maximum absolute atomic E-state index is 11.8. The maximum Gasteiger partial charge on any atom is 0.226 e. The number of rotatable bonds is 0. The smallest absolute Gasteiger partial charge is 0.226 e. The van der Waals surface area contributed by atoms with Crippen molar-refractivity contribution < 1.29 is 4.79 Å². The van der Waals surface area contributed by atoms with Crippen LogP contribution in [0.15, 0.2) is 23.2 Å². The number of halogens is 1. The van der Waals surface area contributed by atoms with Crippen LogP contribution in [0.2, 0.25) is 5.02 Å². The standard InChI is InChI=1S/C12H12ClN3O/c13-8-1-2-11-10(5-8)15-12(17)6-9-7-14-3-4-16(9)11/h1-2,5,7,9H,3-4,6H2,(H,15,17). The van der Waals surface area contributed by atoms with Gasteiger partial charge in [0.2, 0.25) is 5.91 Å². The maximum atomic E-state index is 11.8. The van der Waals surface area contributed by atoms with Crippen molar-refractivity contribution in [3.05, 3.63) is 23.2 Å². The van der Waals surface area contributed by atoms with Crippen molar-refractivity contribution in [1.82, 2.24) is 0 Å². The second kappa shape index (κ2) is 4.04. The highest BCUT2D eigenvalue weighted by Crippen LogP contribution is 2.33. The van der Waals surface area contributed by atoms with Gasteiger partial charge in [0.05, 0.1) is 30.4 Å². The monoisotopic (exact) mass is 249 g/mol. The van der Waals surface area contributed by atoms with Gasteiger partial charge in [0.25, 0.3) is 0 Å². The second-order valence-electron chi connectivity index (χ2n) is 4.23. The molecule has 0 bridgehead atoms. The summed E-state index contributed by atoms with van der Waals surface area (Å²) in [5.74, 6) is 0.00867. The Morgan fingerprint density at radius 2 is 2.35 bits per heavy atom. The van der Waals surface area contributed by atoms with Gasteiger partial charge in [-0.25, -0.2) is 0 Å². The summed E-state index contributed by atoms with van der Waals surface area (Å²) in [6, 6.07) is 5.66. The summed E-state index contributed by atoms with van der Waals surface area (Å²) in [7, 11) is 0. The zero-order chi connectivity index (χ0) is 11.8. The second-order valence-corrected chi connectivity index (χ2v) is 4.67. The third-order valence-corrected chi connectivity index (χ3v) is 3.32. The molecule has 2 aliphatic rings. The number of benzene rings is 1. The molecule has 0 aliphatic carbocycles. The Kier molecular flexibility index (Phi) is 2.52. The molecule has 1 aromatic carbocycles. The third-order valence-electron chi connectivity index (χ3n) is 3.08. The fraction of sp³-hybridized carbons (Fsp3) is 0.333. The molecule has 0 aromatic heterocycles. The van der Waals surface area contributed by atoms with Crippen molar-refractivity contribution in [2.24, 2.45) is 4.99 Å². The van der Waals surface area contributed by atoms with Gasteiger partial charge in [0.1, 0.15) is 0 Å². The summed E-state index contributed by atoms with van der Waals surface area (Å²) in [5.41, 5.74) is 1.82. The van der Waals surface area contributed by atoms with Crippen LogP contribution < -0.4 is 10.2 Å². The first-order chi connectivity index (χ1) is 8.24. The molecule has 3 rings (SSSR count). The van der Waals surface area contributed by atoms with E-state index in [9.17, 15) is 4.79 Å². The molecule has 88 valence electrons. The number of nitrogens with zero attached hydrogens (tertiary/aromatic N) is 2. The van der Waals surface area contributed by atoms with Crippen molar-refractivity contribution in [2.45, 2.75) is 12.5 Å². The van der Waals surface area contributed by atoms with Crippen molar-refractivity contribution in [2.75, 3.05) is 23.3 Å². The van der Waals surface area contributed by atoms with Gasteiger partial charge in [-0.1, -0.05) is 11.6 Å². The van der Waals surface area contributed by atoms with E-state index in [1.807, 2.05) is 18.3 Å². The number of carbonyl (C=O) groups excluding carboxylic acids is 1. The molecule has 1 N–H and O–H groups in total. The molecular formula is C12H12ClN3O. The fourth-order valence-corrected chi connectivity index (χ4v) is 2.49. The minimum absolute atomic E-state index is 0.00867. The average Bonchev–Trinajstić information content (AvgIpc) is 2.43. The largest absolute Gasteiger partial charge is 0.360 e. The van der Waals surface area contributed by atoms with Gasteiger partial charge in [-0.15, -0.1) is 0 Å². The molecule has 0 saturated heterocycles. The Labute approximate surface area is 104 Å². The molecule has 1 atom stereocenters. The van der Waals surface area contributed by atoms with Gasteiger partial charge in [-0.05, 0) is 18.2 Å². The lowest BCUT2D eigenvalue weighted by atomic mass is 10.1. The van der Waals surface area contributed by atoms with E-state index < -0.39 is 0 Å².